The molecule has 2 rings (SSSR count). The maximum atomic E-state index is 11.2. The van der Waals surface area contributed by atoms with Crippen LogP contribution in [0, 0.1) is 6.92 Å². The fourth-order valence-corrected chi connectivity index (χ4v) is 2.25. The Hall–Kier alpha value is -2.09. The van der Waals surface area contributed by atoms with Crippen LogP contribution in [0.15, 0.2) is 42.5 Å². The van der Waals surface area contributed by atoms with Crippen LogP contribution in [-0.2, 0) is 0 Å². The Balaban J connectivity index is 2.17. The summed E-state index contributed by atoms with van der Waals surface area (Å²) >= 11 is 0. The zero-order valence-corrected chi connectivity index (χ0v) is 12.4. The number of hydrogen-bond donors (Lipinski definition) is 0. The first-order chi connectivity index (χ1) is 9.47. The van der Waals surface area contributed by atoms with E-state index in [9.17, 15) is 4.79 Å². The van der Waals surface area contributed by atoms with Crippen molar-refractivity contribution in [2.24, 2.45) is 0 Å². The number of aryl methyl sites for hydroxylation is 1. The van der Waals surface area contributed by atoms with E-state index >= 15 is 0 Å². The molecule has 2 nitrogen and oxygen atoms in total. The van der Waals surface area contributed by atoms with Gasteiger partial charge in [-0.25, -0.2) is 0 Å². The number of carbonyl (C=O) groups is 1. The quantitative estimate of drug-likeness (QED) is 0.720. The summed E-state index contributed by atoms with van der Waals surface area (Å²) in [5.74, 6) is 2.14. The normalized spacial score (nSPS) is 10.7. The molecule has 0 radical (unpaired) electrons. The van der Waals surface area contributed by atoms with Crippen LogP contribution in [-0.4, -0.2) is 5.78 Å². The Morgan fingerprint density at radius 3 is 2.10 bits per heavy atom. The van der Waals surface area contributed by atoms with E-state index in [0.717, 1.165) is 11.5 Å². The SMILES string of the molecule is CC(=O)c1ccc(Oc2ccc(C(C)C)c(C)c2)cc1. The minimum absolute atomic E-state index is 0.0636. The lowest BCUT2D eigenvalue weighted by Crippen LogP contribution is -1.94. The second-order valence-electron chi connectivity index (χ2n) is 5.36. The summed E-state index contributed by atoms with van der Waals surface area (Å²) < 4.78 is 5.82. The summed E-state index contributed by atoms with van der Waals surface area (Å²) in [7, 11) is 0. The largest absolute Gasteiger partial charge is 0.457 e. The van der Waals surface area contributed by atoms with Gasteiger partial charge < -0.3 is 4.74 Å². The molecule has 0 aliphatic heterocycles. The van der Waals surface area contributed by atoms with Gasteiger partial charge in [0.05, 0.1) is 0 Å². The van der Waals surface area contributed by atoms with Gasteiger partial charge in [-0.1, -0.05) is 19.9 Å². The Bertz CT molecular complexity index is 610. The summed E-state index contributed by atoms with van der Waals surface area (Å²) in [5, 5.41) is 0. The third-order valence-electron chi connectivity index (χ3n) is 3.36. The van der Waals surface area contributed by atoms with Crippen molar-refractivity contribution in [1.82, 2.24) is 0 Å². The van der Waals surface area contributed by atoms with Crippen LogP contribution < -0.4 is 4.74 Å². The lowest BCUT2D eigenvalue weighted by atomic mass is 9.98. The van der Waals surface area contributed by atoms with Crippen LogP contribution in [0.2, 0.25) is 0 Å². The van der Waals surface area contributed by atoms with Crippen LogP contribution in [0.3, 0.4) is 0 Å². The van der Waals surface area contributed by atoms with E-state index in [1.807, 2.05) is 24.3 Å². The standard InChI is InChI=1S/C18H20O2/c1-12(2)18-10-9-17(11-13(18)3)20-16-7-5-15(6-8-16)14(4)19/h5-12H,1-4H3. The van der Waals surface area contributed by atoms with Gasteiger partial charge in [-0.05, 0) is 67.3 Å². The molecule has 20 heavy (non-hydrogen) atoms. The number of carbonyl (C=O) groups excluding carboxylic acids is 1. The maximum absolute atomic E-state index is 11.2. The molecule has 0 spiro atoms. The molecule has 2 heteroatoms. The third-order valence-corrected chi connectivity index (χ3v) is 3.36. The number of ketones is 1. The van der Waals surface area contributed by atoms with Crippen molar-refractivity contribution in [1.29, 1.82) is 0 Å². The highest BCUT2D eigenvalue weighted by molar-refractivity contribution is 5.94. The van der Waals surface area contributed by atoms with Crippen LogP contribution in [0.1, 0.15) is 48.2 Å². The zero-order valence-electron chi connectivity index (χ0n) is 12.4. The smallest absolute Gasteiger partial charge is 0.159 e. The van der Waals surface area contributed by atoms with E-state index in [2.05, 4.69) is 26.8 Å². The molecular weight excluding hydrogens is 248 g/mol. The lowest BCUT2D eigenvalue weighted by Gasteiger charge is -2.12. The van der Waals surface area contributed by atoms with Gasteiger partial charge in [0.2, 0.25) is 0 Å². The van der Waals surface area contributed by atoms with Crippen molar-refractivity contribution < 1.29 is 9.53 Å². The molecule has 0 aliphatic carbocycles. The number of Topliss-reactive ketones (excluding diaryl/α,β-unsaturated/α-hetero) is 1. The van der Waals surface area contributed by atoms with Gasteiger partial charge in [0.1, 0.15) is 11.5 Å². The third kappa shape index (κ3) is 3.27. The first kappa shape index (κ1) is 14.3. The van der Waals surface area contributed by atoms with E-state index in [1.165, 1.54) is 11.1 Å². The second-order valence-corrected chi connectivity index (χ2v) is 5.36. The van der Waals surface area contributed by atoms with Crippen molar-refractivity contribution in [2.45, 2.75) is 33.6 Å². The van der Waals surface area contributed by atoms with Gasteiger partial charge in [0.15, 0.2) is 5.78 Å². The monoisotopic (exact) mass is 268 g/mol. The molecule has 0 saturated heterocycles. The molecule has 0 fully saturated rings. The topological polar surface area (TPSA) is 26.3 Å². The predicted molar refractivity (Wildman–Crippen MR) is 81.8 cm³/mol. The molecule has 0 atom stereocenters. The molecule has 0 saturated carbocycles. The van der Waals surface area contributed by atoms with E-state index in [0.29, 0.717) is 11.5 Å². The lowest BCUT2D eigenvalue weighted by molar-refractivity contribution is 0.101. The van der Waals surface area contributed by atoms with Crippen LogP contribution >= 0.6 is 0 Å². The molecule has 0 N–H and O–H groups in total. The first-order valence-corrected chi connectivity index (χ1v) is 6.87. The molecule has 0 bridgehead atoms. The molecular formula is C18H20O2. The average Bonchev–Trinajstić information content (AvgIpc) is 2.39. The molecule has 0 aromatic heterocycles. The van der Waals surface area contributed by atoms with E-state index in [4.69, 9.17) is 4.74 Å². The maximum Gasteiger partial charge on any atom is 0.159 e. The highest BCUT2D eigenvalue weighted by Gasteiger charge is 2.06. The fourth-order valence-electron chi connectivity index (χ4n) is 2.25. The van der Waals surface area contributed by atoms with Gasteiger partial charge in [-0.2, -0.15) is 0 Å². The predicted octanol–water partition coefficient (Wildman–Crippen LogP) is 5.11. The molecule has 0 heterocycles. The minimum atomic E-state index is 0.0636. The Morgan fingerprint density at radius 1 is 1.00 bits per heavy atom. The zero-order chi connectivity index (χ0) is 14.7. The Kier molecular flexibility index (Phi) is 4.23. The van der Waals surface area contributed by atoms with Crippen molar-refractivity contribution in [3.8, 4) is 11.5 Å². The summed E-state index contributed by atoms with van der Waals surface area (Å²) in [5.41, 5.74) is 3.27. The summed E-state index contributed by atoms with van der Waals surface area (Å²) in [4.78, 5) is 11.2. The van der Waals surface area contributed by atoms with E-state index < -0.39 is 0 Å². The summed E-state index contributed by atoms with van der Waals surface area (Å²) in [6.45, 7) is 8.03. The molecule has 0 aliphatic rings. The number of ether oxygens (including phenoxy) is 1. The van der Waals surface area contributed by atoms with Crippen LogP contribution in [0.5, 0.6) is 11.5 Å². The highest BCUT2D eigenvalue weighted by atomic mass is 16.5. The molecule has 0 unspecified atom stereocenters. The highest BCUT2D eigenvalue weighted by Crippen LogP contribution is 2.27. The number of rotatable bonds is 4. The van der Waals surface area contributed by atoms with Gasteiger partial charge in [-0.3, -0.25) is 4.79 Å². The van der Waals surface area contributed by atoms with Crippen molar-refractivity contribution in [2.75, 3.05) is 0 Å². The van der Waals surface area contributed by atoms with Crippen molar-refractivity contribution in [3.63, 3.8) is 0 Å². The van der Waals surface area contributed by atoms with Gasteiger partial charge in [-0.15, -0.1) is 0 Å². The molecule has 2 aromatic rings. The molecule has 2 aromatic carbocycles. The second kappa shape index (κ2) is 5.91. The first-order valence-electron chi connectivity index (χ1n) is 6.87. The van der Waals surface area contributed by atoms with Crippen LogP contribution in [0.25, 0.3) is 0 Å². The van der Waals surface area contributed by atoms with E-state index in [1.54, 1.807) is 19.1 Å². The van der Waals surface area contributed by atoms with Crippen LogP contribution in [0.4, 0.5) is 0 Å². The fraction of sp³-hybridized carbons (Fsp3) is 0.278. The number of benzene rings is 2. The van der Waals surface area contributed by atoms with Crippen molar-refractivity contribution in [3.05, 3.63) is 59.2 Å². The van der Waals surface area contributed by atoms with E-state index in [-0.39, 0.29) is 5.78 Å². The Morgan fingerprint density at radius 2 is 1.60 bits per heavy atom. The Labute approximate surface area is 120 Å². The number of hydrogen-bond acceptors (Lipinski definition) is 2. The van der Waals surface area contributed by atoms with Gasteiger partial charge in [0, 0.05) is 5.56 Å². The molecule has 104 valence electrons. The van der Waals surface area contributed by atoms with Gasteiger partial charge in [0.25, 0.3) is 0 Å². The van der Waals surface area contributed by atoms with Crippen molar-refractivity contribution >= 4 is 5.78 Å². The molecule has 0 amide bonds. The summed E-state index contributed by atoms with van der Waals surface area (Å²) in [6, 6.07) is 13.4. The van der Waals surface area contributed by atoms with Gasteiger partial charge >= 0.3 is 0 Å². The summed E-state index contributed by atoms with van der Waals surface area (Å²) in [6.07, 6.45) is 0. The minimum Gasteiger partial charge on any atom is -0.457 e. The average molecular weight is 268 g/mol.